The zero-order valence-electron chi connectivity index (χ0n) is 17.1. The number of anilines is 1. The fourth-order valence-corrected chi connectivity index (χ4v) is 4.02. The third-order valence-corrected chi connectivity index (χ3v) is 5.73. The first kappa shape index (κ1) is 20.6. The van der Waals surface area contributed by atoms with Crippen molar-refractivity contribution in [3.63, 3.8) is 0 Å². The molecule has 157 valence electrons. The average molecular weight is 407 g/mol. The molecule has 6 nitrogen and oxygen atoms in total. The summed E-state index contributed by atoms with van der Waals surface area (Å²) in [5, 5.41) is 6.37. The van der Waals surface area contributed by atoms with Crippen LogP contribution in [0.3, 0.4) is 0 Å². The number of benzene rings is 2. The number of nitrogens with zero attached hydrogens (tertiary/aromatic N) is 1. The van der Waals surface area contributed by atoms with Gasteiger partial charge in [0.05, 0.1) is 12.6 Å². The van der Waals surface area contributed by atoms with Crippen LogP contribution >= 0.6 is 0 Å². The second kappa shape index (κ2) is 9.87. The highest BCUT2D eigenvalue weighted by atomic mass is 16.5. The zero-order valence-corrected chi connectivity index (χ0v) is 17.1. The Labute approximate surface area is 177 Å². The van der Waals surface area contributed by atoms with Crippen molar-refractivity contribution >= 4 is 17.5 Å². The van der Waals surface area contributed by atoms with Gasteiger partial charge in [0.1, 0.15) is 0 Å². The van der Waals surface area contributed by atoms with E-state index >= 15 is 0 Å². The summed E-state index contributed by atoms with van der Waals surface area (Å²) < 4.78 is 5.76. The quantitative estimate of drug-likeness (QED) is 0.742. The van der Waals surface area contributed by atoms with Gasteiger partial charge in [-0.05, 0) is 74.7 Å². The van der Waals surface area contributed by atoms with Crippen molar-refractivity contribution in [3.8, 4) is 0 Å². The number of amides is 2. The zero-order chi connectivity index (χ0) is 20.8. The molecule has 2 unspecified atom stereocenters. The number of hydrogen-bond acceptors (Lipinski definition) is 4. The van der Waals surface area contributed by atoms with Crippen LogP contribution in [-0.4, -0.2) is 50.2 Å². The third kappa shape index (κ3) is 5.07. The van der Waals surface area contributed by atoms with Crippen LogP contribution in [0.25, 0.3) is 0 Å². The van der Waals surface area contributed by atoms with Crippen molar-refractivity contribution in [1.29, 1.82) is 0 Å². The molecule has 2 aromatic carbocycles. The summed E-state index contributed by atoms with van der Waals surface area (Å²) >= 11 is 0. The fraction of sp³-hybridized carbons (Fsp3) is 0.417. The smallest absolute Gasteiger partial charge is 0.258 e. The molecule has 2 amide bonds. The molecular formula is C24H28N3O3. The molecule has 2 aliphatic heterocycles. The first-order chi connectivity index (χ1) is 14.7. The first-order valence-corrected chi connectivity index (χ1v) is 10.7. The van der Waals surface area contributed by atoms with Gasteiger partial charge in [0, 0.05) is 36.0 Å². The van der Waals surface area contributed by atoms with Crippen LogP contribution in [0.2, 0.25) is 0 Å². The molecule has 30 heavy (non-hydrogen) atoms. The predicted molar refractivity (Wildman–Crippen MR) is 116 cm³/mol. The molecule has 0 spiro atoms. The Morgan fingerprint density at radius 3 is 2.53 bits per heavy atom. The molecule has 2 atom stereocenters. The van der Waals surface area contributed by atoms with Crippen molar-refractivity contribution in [3.05, 3.63) is 65.7 Å². The number of hydrogen-bond donors (Lipinski definition) is 2. The van der Waals surface area contributed by atoms with Gasteiger partial charge in [-0.15, -0.1) is 0 Å². The molecule has 6 heteroatoms. The molecule has 2 saturated heterocycles. The lowest BCUT2D eigenvalue weighted by molar-refractivity contribution is 0.0917. The fourth-order valence-electron chi connectivity index (χ4n) is 4.02. The molecule has 0 saturated carbocycles. The normalized spacial score (nSPS) is 20.8. The minimum atomic E-state index is -0.0918. The summed E-state index contributed by atoms with van der Waals surface area (Å²) in [6.07, 6.45) is 4.25. The van der Waals surface area contributed by atoms with Gasteiger partial charge in [0.15, 0.2) is 0 Å². The lowest BCUT2D eigenvalue weighted by atomic mass is 10.1. The topological polar surface area (TPSA) is 70.7 Å². The van der Waals surface area contributed by atoms with E-state index in [4.69, 9.17) is 4.74 Å². The van der Waals surface area contributed by atoms with E-state index in [0.29, 0.717) is 30.3 Å². The Hall–Kier alpha value is -2.70. The molecule has 0 bridgehead atoms. The van der Waals surface area contributed by atoms with E-state index in [-0.39, 0.29) is 17.9 Å². The third-order valence-electron chi connectivity index (χ3n) is 5.73. The average Bonchev–Trinajstić information content (AvgIpc) is 3.50. The molecule has 2 fully saturated rings. The Morgan fingerprint density at radius 2 is 1.87 bits per heavy atom. The maximum Gasteiger partial charge on any atom is 0.258 e. The van der Waals surface area contributed by atoms with Gasteiger partial charge in [-0.1, -0.05) is 12.1 Å². The molecule has 4 rings (SSSR count). The number of carbonyl (C=O) groups excluding carboxylic acids is 2. The van der Waals surface area contributed by atoms with E-state index in [2.05, 4.69) is 16.7 Å². The van der Waals surface area contributed by atoms with Crippen LogP contribution in [0.5, 0.6) is 0 Å². The molecule has 0 aliphatic carbocycles. The Balaban J connectivity index is 1.47. The molecular weight excluding hydrogens is 378 g/mol. The maximum atomic E-state index is 13.2. The predicted octanol–water partition coefficient (Wildman–Crippen LogP) is 2.79. The van der Waals surface area contributed by atoms with E-state index in [1.165, 1.54) is 0 Å². The van der Waals surface area contributed by atoms with Crippen molar-refractivity contribution in [1.82, 2.24) is 10.6 Å². The SMILES string of the molecule is O=C(NCC1CCCN1)c1ccc(N(CC2CCCO2)C(=O)c2cc[c]cc2)cc1. The summed E-state index contributed by atoms with van der Waals surface area (Å²) in [7, 11) is 0. The van der Waals surface area contributed by atoms with Gasteiger partial charge in [-0.2, -0.15) is 0 Å². The minimum Gasteiger partial charge on any atom is -0.376 e. The first-order valence-electron chi connectivity index (χ1n) is 10.7. The van der Waals surface area contributed by atoms with E-state index in [1.54, 1.807) is 41.3 Å². The van der Waals surface area contributed by atoms with Crippen LogP contribution in [0.1, 0.15) is 46.4 Å². The summed E-state index contributed by atoms with van der Waals surface area (Å²) in [6.45, 7) is 2.89. The highest BCUT2D eigenvalue weighted by molar-refractivity contribution is 6.06. The monoisotopic (exact) mass is 406 g/mol. The summed E-state index contributed by atoms with van der Waals surface area (Å²) in [4.78, 5) is 27.4. The molecule has 2 aliphatic rings. The van der Waals surface area contributed by atoms with Gasteiger partial charge in [-0.3, -0.25) is 9.59 Å². The Kier molecular flexibility index (Phi) is 6.77. The summed E-state index contributed by atoms with van der Waals surface area (Å²) in [5.41, 5.74) is 1.96. The van der Waals surface area contributed by atoms with E-state index in [1.807, 2.05) is 12.1 Å². The van der Waals surface area contributed by atoms with Crippen LogP contribution in [0.4, 0.5) is 5.69 Å². The Morgan fingerprint density at radius 1 is 1.07 bits per heavy atom. The second-order valence-electron chi connectivity index (χ2n) is 7.89. The minimum absolute atomic E-state index is 0.0334. The van der Waals surface area contributed by atoms with Gasteiger partial charge in [-0.25, -0.2) is 0 Å². The van der Waals surface area contributed by atoms with Crippen molar-refractivity contribution in [2.24, 2.45) is 0 Å². The number of carbonyl (C=O) groups is 2. The lowest BCUT2D eigenvalue weighted by Gasteiger charge is -2.26. The molecule has 2 aromatic rings. The van der Waals surface area contributed by atoms with Crippen LogP contribution in [-0.2, 0) is 4.74 Å². The van der Waals surface area contributed by atoms with Gasteiger partial charge in [0.25, 0.3) is 11.8 Å². The van der Waals surface area contributed by atoms with Gasteiger partial charge in [0.2, 0.25) is 0 Å². The van der Waals surface area contributed by atoms with Crippen molar-refractivity contribution in [2.75, 3.05) is 31.1 Å². The van der Waals surface area contributed by atoms with Crippen LogP contribution < -0.4 is 15.5 Å². The summed E-state index contributed by atoms with van der Waals surface area (Å²) in [6, 6.07) is 17.6. The van der Waals surface area contributed by atoms with Gasteiger partial charge >= 0.3 is 0 Å². The molecule has 1 radical (unpaired) electrons. The molecule has 2 heterocycles. The number of nitrogens with one attached hydrogen (secondary N) is 2. The standard InChI is InChI=1S/C24H28N3O3/c28-23(26-16-20-8-4-14-25-20)18-10-12-21(13-11-18)27(17-22-9-5-15-30-22)24(29)19-6-2-1-3-7-19/h2-3,6-7,10-13,20,22,25H,4-5,8-9,14-17H2,(H,26,28). The molecule has 0 aromatic heterocycles. The van der Waals surface area contributed by atoms with Crippen LogP contribution in [0.15, 0.2) is 48.5 Å². The number of ether oxygens (including phenoxy) is 1. The largest absolute Gasteiger partial charge is 0.376 e. The number of rotatable bonds is 7. The molecule has 2 N–H and O–H groups in total. The van der Waals surface area contributed by atoms with Crippen LogP contribution in [0, 0.1) is 6.07 Å². The van der Waals surface area contributed by atoms with E-state index in [9.17, 15) is 9.59 Å². The summed E-state index contributed by atoms with van der Waals surface area (Å²) in [5.74, 6) is -0.171. The van der Waals surface area contributed by atoms with Crippen molar-refractivity contribution in [2.45, 2.75) is 37.8 Å². The lowest BCUT2D eigenvalue weighted by Crippen LogP contribution is -2.38. The maximum absolute atomic E-state index is 13.2. The highest BCUT2D eigenvalue weighted by Crippen LogP contribution is 2.22. The van der Waals surface area contributed by atoms with E-state index < -0.39 is 0 Å². The van der Waals surface area contributed by atoms with Crippen molar-refractivity contribution < 1.29 is 14.3 Å². The van der Waals surface area contributed by atoms with Gasteiger partial charge < -0.3 is 20.3 Å². The highest BCUT2D eigenvalue weighted by Gasteiger charge is 2.25. The Bertz CT molecular complexity index is 842. The van der Waals surface area contributed by atoms with E-state index in [0.717, 1.165) is 44.5 Å². The second-order valence-corrected chi connectivity index (χ2v) is 7.89.